The second-order valence-electron chi connectivity index (χ2n) is 5.85. The number of benzene rings is 1. The third-order valence-electron chi connectivity index (χ3n) is 4.36. The highest BCUT2D eigenvalue weighted by Crippen LogP contribution is 2.21. The van der Waals surface area contributed by atoms with Gasteiger partial charge in [0.1, 0.15) is 24.8 Å². The first-order valence-corrected chi connectivity index (χ1v) is 8.07. The molecule has 0 aliphatic carbocycles. The molecule has 0 unspecified atom stereocenters. The minimum atomic E-state index is -0.356. The zero-order chi connectivity index (χ0) is 16.9. The molecule has 1 aliphatic heterocycles. The fourth-order valence-corrected chi connectivity index (χ4v) is 3.02. The summed E-state index contributed by atoms with van der Waals surface area (Å²) < 4.78 is 1.58. The Morgan fingerprint density at radius 3 is 2.83 bits per heavy atom. The van der Waals surface area contributed by atoms with Gasteiger partial charge in [-0.1, -0.05) is 12.1 Å². The molecule has 2 aromatic rings. The number of anilines is 1. The Bertz CT molecular complexity index is 736. The van der Waals surface area contributed by atoms with Crippen LogP contribution in [0.2, 0.25) is 0 Å². The van der Waals surface area contributed by atoms with E-state index in [9.17, 15) is 10.1 Å². The maximum atomic E-state index is 12.7. The van der Waals surface area contributed by atoms with Crippen LogP contribution < -0.4 is 4.90 Å². The van der Waals surface area contributed by atoms with E-state index in [1.807, 2.05) is 36.1 Å². The molecule has 7 heteroatoms. The molecule has 24 heavy (non-hydrogen) atoms. The van der Waals surface area contributed by atoms with Gasteiger partial charge in [0.05, 0.1) is 11.3 Å². The van der Waals surface area contributed by atoms with E-state index in [0.717, 1.165) is 18.7 Å². The van der Waals surface area contributed by atoms with Gasteiger partial charge in [-0.05, 0) is 25.5 Å². The molecule has 1 aliphatic rings. The van der Waals surface area contributed by atoms with Crippen molar-refractivity contribution in [1.29, 1.82) is 5.26 Å². The first-order chi connectivity index (χ1) is 11.7. The number of amides is 1. The van der Waals surface area contributed by atoms with Crippen LogP contribution in [-0.2, 0) is 4.79 Å². The highest BCUT2D eigenvalue weighted by Gasteiger charge is 2.25. The Kier molecular flexibility index (Phi) is 4.75. The third-order valence-corrected chi connectivity index (χ3v) is 4.36. The molecule has 0 saturated carbocycles. The van der Waals surface area contributed by atoms with E-state index in [1.165, 1.54) is 6.33 Å². The van der Waals surface area contributed by atoms with Gasteiger partial charge in [-0.25, -0.2) is 9.67 Å². The molecule has 0 N–H and O–H groups in total. The second-order valence-corrected chi connectivity index (χ2v) is 5.85. The number of aromatic nitrogens is 3. The number of carbonyl (C=O) groups excluding carboxylic acids is 1. The van der Waals surface area contributed by atoms with Crippen molar-refractivity contribution in [1.82, 2.24) is 19.7 Å². The van der Waals surface area contributed by atoms with Crippen LogP contribution in [0.25, 0.3) is 0 Å². The van der Waals surface area contributed by atoms with E-state index in [1.54, 1.807) is 11.0 Å². The number of nitrogens with zero attached hydrogens (tertiary/aromatic N) is 6. The number of carbonyl (C=O) groups is 1. The Balaban J connectivity index is 1.69. The molecule has 3 rings (SSSR count). The molecule has 7 nitrogen and oxygen atoms in total. The lowest BCUT2D eigenvalue weighted by Gasteiger charge is -2.26. The number of nitriles is 1. The van der Waals surface area contributed by atoms with Gasteiger partial charge < -0.3 is 9.80 Å². The highest BCUT2D eigenvalue weighted by atomic mass is 16.2. The summed E-state index contributed by atoms with van der Waals surface area (Å²) in [5.74, 6) is 0.0518. The zero-order valence-electron chi connectivity index (χ0n) is 13.7. The van der Waals surface area contributed by atoms with Gasteiger partial charge in [0.25, 0.3) is 0 Å². The highest BCUT2D eigenvalue weighted by molar-refractivity contribution is 5.80. The molecule has 0 bridgehead atoms. The zero-order valence-corrected chi connectivity index (χ0v) is 13.7. The maximum Gasteiger partial charge on any atom is 0.247 e. The molecular weight excluding hydrogens is 304 g/mol. The van der Waals surface area contributed by atoms with Crippen molar-refractivity contribution in [3.63, 3.8) is 0 Å². The van der Waals surface area contributed by atoms with Crippen LogP contribution in [0.15, 0.2) is 36.9 Å². The standard InChI is InChI=1S/C17H20N6O/c1-14(23-13-19-12-20-23)17(24)22-8-4-7-21(9-10-22)16-6-3-2-5-15(16)11-18/h2-3,5-6,12-14H,4,7-10H2,1H3/t14-/m0/s1. The molecule has 124 valence electrons. The SMILES string of the molecule is C[C@@H](C(=O)N1CCCN(c2ccccc2C#N)CC1)n1cncn1. The molecule has 1 amide bonds. The fourth-order valence-electron chi connectivity index (χ4n) is 3.02. The lowest BCUT2D eigenvalue weighted by molar-refractivity contribution is -0.134. The van der Waals surface area contributed by atoms with Crippen molar-refractivity contribution in [3.05, 3.63) is 42.5 Å². The Morgan fingerprint density at radius 1 is 1.25 bits per heavy atom. The molecule has 0 spiro atoms. The van der Waals surface area contributed by atoms with Gasteiger partial charge in [-0.15, -0.1) is 0 Å². The minimum absolute atomic E-state index is 0.0518. The topological polar surface area (TPSA) is 78.0 Å². The predicted octanol–water partition coefficient (Wildman–Crippen LogP) is 1.45. The second kappa shape index (κ2) is 7.13. The van der Waals surface area contributed by atoms with E-state index in [2.05, 4.69) is 21.1 Å². The lowest BCUT2D eigenvalue weighted by atomic mass is 10.1. The van der Waals surface area contributed by atoms with Crippen LogP contribution in [0.3, 0.4) is 0 Å². The minimum Gasteiger partial charge on any atom is -0.369 e. The molecular formula is C17H20N6O. The molecule has 1 saturated heterocycles. The van der Waals surface area contributed by atoms with Crippen LogP contribution in [0.5, 0.6) is 0 Å². The number of hydrogen-bond donors (Lipinski definition) is 0. The van der Waals surface area contributed by atoms with Gasteiger partial charge in [-0.3, -0.25) is 4.79 Å². The summed E-state index contributed by atoms with van der Waals surface area (Å²) in [7, 11) is 0. The normalized spacial score (nSPS) is 16.3. The molecule has 1 aromatic carbocycles. The summed E-state index contributed by atoms with van der Waals surface area (Å²) in [5, 5.41) is 13.3. The average molecular weight is 324 g/mol. The van der Waals surface area contributed by atoms with Crippen molar-refractivity contribution in [3.8, 4) is 6.07 Å². The molecule has 1 fully saturated rings. The number of para-hydroxylation sites is 1. The van der Waals surface area contributed by atoms with E-state index in [0.29, 0.717) is 25.2 Å². The van der Waals surface area contributed by atoms with Gasteiger partial charge >= 0.3 is 0 Å². The van der Waals surface area contributed by atoms with E-state index < -0.39 is 0 Å². The summed E-state index contributed by atoms with van der Waals surface area (Å²) in [6.07, 6.45) is 3.87. The largest absolute Gasteiger partial charge is 0.369 e. The molecule has 0 radical (unpaired) electrons. The third kappa shape index (κ3) is 3.23. The molecule has 2 heterocycles. The quantitative estimate of drug-likeness (QED) is 0.854. The van der Waals surface area contributed by atoms with Crippen LogP contribution in [0.1, 0.15) is 24.9 Å². The van der Waals surface area contributed by atoms with Crippen molar-refractivity contribution in [2.45, 2.75) is 19.4 Å². The average Bonchev–Trinajstić information content (AvgIpc) is 3.05. The van der Waals surface area contributed by atoms with Crippen molar-refractivity contribution < 1.29 is 4.79 Å². The van der Waals surface area contributed by atoms with Crippen molar-refractivity contribution >= 4 is 11.6 Å². The summed E-state index contributed by atoms with van der Waals surface area (Å²) >= 11 is 0. The summed E-state index contributed by atoms with van der Waals surface area (Å²) in [6, 6.07) is 9.49. The Morgan fingerprint density at radius 2 is 2.08 bits per heavy atom. The number of hydrogen-bond acceptors (Lipinski definition) is 5. The Hall–Kier alpha value is -2.88. The van der Waals surface area contributed by atoms with Crippen LogP contribution in [0.4, 0.5) is 5.69 Å². The van der Waals surface area contributed by atoms with E-state index >= 15 is 0 Å². The predicted molar refractivity (Wildman–Crippen MR) is 89.3 cm³/mol. The van der Waals surface area contributed by atoms with Gasteiger partial charge in [0, 0.05) is 26.2 Å². The van der Waals surface area contributed by atoms with Crippen LogP contribution >= 0.6 is 0 Å². The molecule has 1 aromatic heterocycles. The van der Waals surface area contributed by atoms with E-state index in [4.69, 9.17) is 0 Å². The fraction of sp³-hybridized carbons (Fsp3) is 0.412. The monoisotopic (exact) mass is 324 g/mol. The first kappa shape index (κ1) is 16.0. The molecule has 1 atom stereocenters. The van der Waals surface area contributed by atoms with Gasteiger partial charge in [0.15, 0.2) is 0 Å². The van der Waals surface area contributed by atoms with Crippen molar-refractivity contribution in [2.75, 3.05) is 31.1 Å². The van der Waals surface area contributed by atoms with Crippen LogP contribution in [-0.4, -0.2) is 51.8 Å². The van der Waals surface area contributed by atoms with E-state index in [-0.39, 0.29) is 11.9 Å². The summed E-state index contributed by atoms with van der Waals surface area (Å²) in [6.45, 7) is 4.74. The van der Waals surface area contributed by atoms with Crippen molar-refractivity contribution in [2.24, 2.45) is 0 Å². The maximum absolute atomic E-state index is 12.7. The lowest BCUT2D eigenvalue weighted by Crippen LogP contribution is -2.39. The van der Waals surface area contributed by atoms with Gasteiger partial charge in [0.2, 0.25) is 5.91 Å². The smallest absolute Gasteiger partial charge is 0.247 e. The summed E-state index contributed by atoms with van der Waals surface area (Å²) in [5.41, 5.74) is 1.62. The Labute approximate surface area is 141 Å². The van der Waals surface area contributed by atoms with Crippen LogP contribution in [0, 0.1) is 11.3 Å². The first-order valence-electron chi connectivity index (χ1n) is 8.07. The summed E-state index contributed by atoms with van der Waals surface area (Å²) in [4.78, 5) is 20.6. The van der Waals surface area contributed by atoms with Gasteiger partial charge in [-0.2, -0.15) is 10.4 Å². The number of rotatable bonds is 3.